The minimum Gasteiger partial charge on any atom is -0.442 e. The smallest absolute Gasteiger partial charge is 0.414 e. The minimum absolute atomic E-state index is 0.0890. The molecule has 1 aromatic carbocycles. The lowest BCUT2D eigenvalue weighted by Gasteiger charge is -2.24. The summed E-state index contributed by atoms with van der Waals surface area (Å²) >= 11 is 0. The normalized spacial score (nSPS) is 19.5. The molecule has 2 amide bonds. The lowest BCUT2D eigenvalue weighted by atomic mass is 10.2. The van der Waals surface area contributed by atoms with Crippen molar-refractivity contribution in [3.05, 3.63) is 23.8 Å². The van der Waals surface area contributed by atoms with E-state index in [0.29, 0.717) is 19.7 Å². The summed E-state index contributed by atoms with van der Waals surface area (Å²) < 4.78 is 64.6. The van der Waals surface area contributed by atoms with Gasteiger partial charge < -0.3 is 24.8 Å². The maximum Gasteiger partial charge on any atom is 0.414 e. The number of cyclic esters (lactones) is 1. The molecule has 0 aromatic heterocycles. The van der Waals surface area contributed by atoms with Gasteiger partial charge in [0, 0.05) is 38.3 Å². The molecule has 2 fully saturated rings. The van der Waals surface area contributed by atoms with Gasteiger partial charge in [-0.2, -0.15) is 13.8 Å². The van der Waals surface area contributed by atoms with Gasteiger partial charge in [-0.05, 0) is 0 Å². The second kappa shape index (κ2) is 12.1. The molecule has 0 spiro atoms. The molecule has 2 aliphatic heterocycles. The summed E-state index contributed by atoms with van der Waals surface area (Å²) in [4.78, 5) is 31.1. The second-order valence-corrected chi connectivity index (χ2v) is 7.51. The SMILES string of the molecule is O=C(NCC1CN(c2cc(F)c(N3CCON(CCOCCO)CC3)c(F)c2)C(=O)O1)C(F)F. The number of hydrogen-bond acceptors (Lipinski definition) is 8. The highest BCUT2D eigenvalue weighted by molar-refractivity contribution is 5.90. The van der Waals surface area contributed by atoms with Crippen LogP contribution in [-0.2, 0) is 19.1 Å². The third kappa shape index (κ3) is 6.68. The number of nitrogens with zero attached hydrogens (tertiary/aromatic N) is 3. The maximum atomic E-state index is 14.9. The molecule has 34 heavy (non-hydrogen) atoms. The maximum absolute atomic E-state index is 14.9. The van der Waals surface area contributed by atoms with E-state index in [-0.39, 0.29) is 57.4 Å². The van der Waals surface area contributed by atoms with E-state index in [1.165, 1.54) is 4.90 Å². The van der Waals surface area contributed by atoms with Gasteiger partial charge in [0.05, 0.1) is 45.2 Å². The number of rotatable bonds is 10. The predicted molar refractivity (Wildman–Crippen MR) is 111 cm³/mol. The highest BCUT2D eigenvalue weighted by atomic mass is 19.3. The van der Waals surface area contributed by atoms with Crippen molar-refractivity contribution in [3.63, 3.8) is 0 Å². The summed E-state index contributed by atoms with van der Waals surface area (Å²) in [6, 6.07) is 1.98. The highest BCUT2D eigenvalue weighted by Gasteiger charge is 2.34. The molecule has 1 aromatic rings. The van der Waals surface area contributed by atoms with Gasteiger partial charge in [-0.1, -0.05) is 0 Å². The van der Waals surface area contributed by atoms with Crippen LogP contribution in [0.2, 0.25) is 0 Å². The van der Waals surface area contributed by atoms with Gasteiger partial charge in [-0.3, -0.25) is 14.5 Å². The fraction of sp³-hybridized carbons (Fsp3) is 0.600. The number of carbonyl (C=O) groups is 2. The van der Waals surface area contributed by atoms with Crippen molar-refractivity contribution in [2.45, 2.75) is 12.5 Å². The van der Waals surface area contributed by atoms with E-state index in [1.54, 1.807) is 5.06 Å². The van der Waals surface area contributed by atoms with E-state index < -0.39 is 36.2 Å². The van der Waals surface area contributed by atoms with E-state index in [9.17, 15) is 27.2 Å². The van der Waals surface area contributed by atoms with Gasteiger partial charge in [0.15, 0.2) is 11.6 Å². The van der Waals surface area contributed by atoms with E-state index in [4.69, 9.17) is 19.4 Å². The quantitative estimate of drug-likeness (QED) is 0.363. The Morgan fingerprint density at radius 2 is 1.94 bits per heavy atom. The van der Waals surface area contributed by atoms with Crippen LogP contribution >= 0.6 is 0 Å². The molecule has 10 nitrogen and oxygen atoms in total. The molecule has 14 heteroatoms. The molecule has 2 heterocycles. The van der Waals surface area contributed by atoms with Crippen molar-refractivity contribution in [2.75, 3.05) is 75.5 Å². The van der Waals surface area contributed by atoms with Crippen molar-refractivity contribution >= 4 is 23.4 Å². The average Bonchev–Trinajstić information content (AvgIpc) is 3.01. The number of halogens is 4. The van der Waals surface area contributed by atoms with Crippen molar-refractivity contribution in [1.82, 2.24) is 10.4 Å². The molecule has 2 saturated heterocycles. The predicted octanol–water partition coefficient (Wildman–Crippen LogP) is 0.734. The van der Waals surface area contributed by atoms with Crippen LogP contribution in [0.15, 0.2) is 12.1 Å². The number of hydrogen-bond donors (Lipinski definition) is 2. The third-order valence-corrected chi connectivity index (χ3v) is 5.18. The fourth-order valence-corrected chi connectivity index (χ4v) is 3.56. The molecule has 0 saturated carbocycles. The molecule has 1 unspecified atom stereocenters. The zero-order valence-corrected chi connectivity index (χ0v) is 18.2. The first-order valence-corrected chi connectivity index (χ1v) is 10.6. The monoisotopic (exact) mass is 494 g/mol. The summed E-state index contributed by atoms with van der Waals surface area (Å²) in [5.74, 6) is -3.29. The van der Waals surface area contributed by atoms with Gasteiger partial charge >= 0.3 is 12.5 Å². The van der Waals surface area contributed by atoms with E-state index >= 15 is 0 Å². The molecule has 0 bridgehead atoms. The number of alkyl halides is 2. The molecule has 0 radical (unpaired) electrons. The first kappa shape index (κ1) is 25.9. The zero-order valence-electron chi connectivity index (χ0n) is 18.2. The molecule has 3 rings (SSSR count). The van der Waals surface area contributed by atoms with Crippen LogP contribution in [-0.4, -0.2) is 100 Å². The van der Waals surface area contributed by atoms with Crippen molar-refractivity contribution < 1.29 is 46.6 Å². The Labute approximate surface area is 192 Å². The fourth-order valence-electron chi connectivity index (χ4n) is 3.56. The van der Waals surface area contributed by atoms with Gasteiger partial charge in [-0.15, -0.1) is 0 Å². The molecular formula is C20H26F4N4O6. The number of amides is 2. The number of hydroxylamine groups is 2. The number of aliphatic hydroxyl groups is 1. The first-order chi connectivity index (χ1) is 16.3. The summed E-state index contributed by atoms with van der Waals surface area (Å²) in [7, 11) is 0. The highest BCUT2D eigenvalue weighted by Crippen LogP contribution is 2.31. The van der Waals surface area contributed by atoms with Crippen LogP contribution in [0, 0.1) is 11.6 Å². The first-order valence-electron chi connectivity index (χ1n) is 10.6. The van der Waals surface area contributed by atoms with E-state index in [2.05, 4.69) is 0 Å². The lowest BCUT2D eigenvalue weighted by Crippen LogP contribution is -2.37. The zero-order chi connectivity index (χ0) is 24.7. The topological polar surface area (TPSA) is 104 Å². The van der Waals surface area contributed by atoms with Crippen molar-refractivity contribution in [2.24, 2.45) is 0 Å². The van der Waals surface area contributed by atoms with Gasteiger partial charge in [0.2, 0.25) is 0 Å². The Bertz CT molecular complexity index is 841. The molecule has 190 valence electrons. The third-order valence-electron chi connectivity index (χ3n) is 5.18. The van der Waals surface area contributed by atoms with Crippen LogP contribution in [0.1, 0.15) is 0 Å². The number of carbonyl (C=O) groups excluding carboxylic acids is 2. The van der Waals surface area contributed by atoms with Gasteiger partial charge in [0.1, 0.15) is 11.8 Å². The lowest BCUT2D eigenvalue weighted by molar-refractivity contribution is -0.156. The van der Waals surface area contributed by atoms with Crippen LogP contribution in [0.25, 0.3) is 0 Å². The second-order valence-electron chi connectivity index (χ2n) is 7.51. The Kier molecular flexibility index (Phi) is 9.27. The summed E-state index contributed by atoms with van der Waals surface area (Å²) in [5, 5.41) is 12.3. The van der Waals surface area contributed by atoms with Crippen LogP contribution in [0.4, 0.5) is 33.7 Å². The molecule has 2 N–H and O–H groups in total. The van der Waals surface area contributed by atoms with Gasteiger partial charge in [-0.25, -0.2) is 13.6 Å². The summed E-state index contributed by atoms with van der Waals surface area (Å²) in [5.41, 5.74) is -0.362. The number of ether oxygens (including phenoxy) is 2. The Morgan fingerprint density at radius 1 is 1.21 bits per heavy atom. The van der Waals surface area contributed by atoms with Crippen LogP contribution in [0.3, 0.4) is 0 Å². The van der Waals surface area contributed by atoms with Crippen molar-refractivity contribution in [3.8, 4) is 0 Å². The van der Waals surface area contributed by atoms with Crippen LogP contribution < -0.4 is 15.1 Å². The Hall–Kier alpha value is -2.68. The molecule has 1 atom stereocenters. The summed E-state index contributed by atoms with van der Waals surface area (Å²) in [6.07, 6.45) is -5.07. The average molecular weight is 494 g/mol. The number of nitrogens with one attached hydrogen (secondary N) is 1. The Balaban J connectivity index is 1.61. The molecular weight excluding hydrogens is 468 g/mol. The van der Waals surface area contributed by atoms with Crippen molar-refractivity contribution in [1.29, 1.82) is 0 Å². The number of aliphatic hydroxyl groups excluding tert-OH is 1. The Morgan fingerprint density at radius 3 is 2.62 bits per heavy atom. The number of benzene rings is 1. The number of anilines is 2. The van der Waals surface area contributed by atoms with Crippen LogP contribution in [0.5, 0.6) is 0 Å². The van der Waals surface area contributed by atoms with E-state index in [0.717, 1.165) is 17.0 Å². The molecule has 2 aliphatic rings. The molecule has 0 aliphatic carbocycles. The largest absolute Gasteiger partial charge is 0.442 e. The minimum atomic E-state index is -3.21. The standard InChI is InChI=1S/C20H26F4N4O6/c21-15-9-13(28-12-14(34-20(28)31)11-25-19(30)18(23)24)10-16(22)17(15)26-1-2-27(33-7-3-26)4-6-32-8-5-29/h9-10,14,18,29H,1-8,11-12H2,(H,25,30). The summed E-state index contributed by atoms with van der Waals surface area (Å²) in [6.45, 7) is 1.37. The van der Waals surface area contributed by atoms with Gasteiger partial charge in [0.25, 0.3) is 5.91 Å². The van der Waals surface area contributed by atoms with E-state index in [1.807, 2.05) is 5.32 Å².